The van der Waals surface area contributed by atoms with Gasteiger partial charge in [-0.25, -0.2) is 0 Å². The van der Waals surface area contributed by atoms with Crippen molar-refractivity contribution < 1.29 is 9.47 Å². The molecule has 2 aliphatic carbocycles. The Morgan fingerprint density at radius 3 is 2.60 bits per heavy atom. The van der Waals surface area contributed by atoms with Gasteiger partial charge in [0.15, 0.2) is 11.5 Å². The molecule has 0 amide bonds. The van der Waals surface area contributed by atoms with E-state index in [4.69, 9.17) is 14.5 Å². The van der Waals surface area contributed by atoms with E-state index in [9.17, 15) is 0 Å². The van der Waals surface area contributed by atoms with Crippen LogP contribution in [0.15, 0.2) is 12.1 Å². The van der Waals surface area contributed by atoms with Crippen LogP contribution in [-0.2, 0) is 12.8 Å². The SMILES string of the molecule is COc1cc2nc3c(c(N[C@@H]4CCC[C@H](C)C4)c2cc1OC)CCC3. The van der Waals surface area contributed by atoms with Crippen LogP contribution in [0.1, 0.15) is 50.3 Å². The van der Waals surface area contributed by atoms with E-state index in [0.717, 1.165) is 41.2 Å². The van der Waals surface area contributed by atoms with Gasteiger partial charge in [0.2, 0.25) is 0 Å². The van der Waals surface area contributed by atoms with Crippen LogP contribution in [-0.4, -0.2) is 25.2 Å². The molecule has 1 aromatic carbocycles. The Hall–Kier alpha value is -1.97. The number of hydrogen-bond acceptors (Lipinski definition) is 4. The molecule has 1 N–H and O–H groups in total. The molecule has 2 aliphatic rings. The van der Waals surface area contributed by atoms with Crippen LogP contribution in [0.25, 0.3) is 10.9 Å². The van der Waals surface area contributed by atoms with Crippen molar-refractivity contribution in [3.05, 3.63) is 23.4 Å². The maximum atomic E-state index is 5.55. The Balaban J connectivity index is 1.82. The fourth-order valence-electron chi connectivity index (χ4n) is 4.52. The average Bonchev–Trinajstić information content (AvgIpc) is 3.08. The number of aromatic nitrogens is 1. The molecular weight excluding hydrogens is 312 g/mol. The van der Waals surface area contributed by atoms with Crippen molar-refractivity contribution in [3.8, 4) is 11.5 Å². The summed E-state index contributed by atoms with van der Waals surface area (Å²) in [6.45, 7) is 2.37. The van der Waals surface area contributed by atoms with Crippen LogP contribution in [0.5, 0.6) is 11.5 Å². The number of nitrogens with zero attached hydrogens (tertiary/aromatic N) is 1. The van der Waals surface area contributed by atoms with Gasteiger partial charge in [-0.15, -0.1) is 0 Å². The number of fused-ring (bicyclic) bond motifs is 2. The Morgan fingerprint density at radius 2 is 1.84 bits per heavy atom. The lowest BCUT2D eigenvalue weighted by molar-refractivity contribution is 0.355. The van der Waals surface area contributed by atoms with E-state index in [0.29, 0.717) is 6.04 Å². The van der Waals surface area contributed by atoms with Gasteiger partial charge in [-0.2, -0.15) is 0 Å². The lowest BCUT2D eigenvalue weighted by Crippen LogP contribution is -2.27. The number of methoxy groups -OCH3 is 2. The van der Waals surface area contributed by atoms with Crippen molar-refractivity contribution in [2.45, 2.75) is 57.9 Å². The highest BCUT2D eigenvalue weighted by molar-refractivity contribution is 5.96. The molecule has 1 fully saturated rings. The summed E-state index contributed by atoms with van der Waals surface area (Å²) in [6.07, 6.45) is 8.59. The zero-order valence-corrected chi connectivity index (χ0v) is 15.5. The van der Waals surface area contributed by atoms with Crippen LogP contribution in [0.3, 0.4) is 0 Å². The van der Waals surface area contributed by atoms with E-state index in [-0.39, 0.29) is 0 Å². The highest BCUT2D eigenvalue weighted by Gasteiger charge is 2.25. The smallest absolute Gasteiger partial charge is 0.162 e. The molecule has 4 heteroatoms. The van der Waals surface area contributed by atoms with Crippen molar-refractivity contribution in [2.75, 3.05) is 19.5 Å². The van der Waals surface area contributed by atoms with Crippen molar-refractivity contribution >= 4 is 16.6 Å². The van der Waals surface area contributed by atoms with Crippen LogP contribution in [0, 0.1) is 5.92 Å². The van der Waals surface area contributed by atoms with Crippen LogP contribution < -0.4 is 14.8 Å². The molecule has 0 saturated heterocycles. The van der Waals surface area contributed by atoms with E-state index in [2.05, 4.69) is 18.3 Å². The number of benzene rings is 1. The minimum Gasteiger partial charge on any atom is -0.493 e. The second-order valence-electron chi connectivity index (χ2n) is 7.60. The fourth-order valence-corrected chi connectivity index (χ4v) is 4.52. The maximum Gasteiger partial charge on any atom is 0.162 e. The zero-order valence-electron chi connectivity index (χ0n) is 15.5. The molecule has 0 bridgehead atoms. The summed E-state index contributed by atoms with van der Waals surface area (Å²) >= 11 is 0. The van der Waals surface area contributed by atoms with Gasteiger partial charge in [-0.05, 0) is 49.7 Å². The second-order valence-corrected chi connectivity index (χ2v) is 7.60. The topological polar surface area (TPSA) is 43.4 Å². The van der Waals surface area contributed by atoms with Gasteiger partial charge in [0, 0.05) is 28.9 Å². The normalized spacial score (nSPS) is 22.7. The Morgan fingerprint density at radius 1 is 1.04 bits per heavy atom. The first-order valence-corrected chi connectivity index (χ1v) is 9.53. The number of pyridine rings is 1. The molecule has 4 rings (SSSR count). The van der Waals surface area contributed by atoms with E-state index < -0.39 is 0 Å². The molecular formula is C21H28N2O2. The molecule has 0 radical (unpaired) electrons. The van der Waals surface area contributed by atoms with E-state index in [1.165, 1.54) is 49.0 Å². The summed E-state index contributed by atoms with van der Waals surface area (Å²) in [5, 5.41) is 5.07. The predicted octanol–water partition coefficient (Wildman–Crippen LogP) is 4.73. The minimum absolute atomic E-state index is 0.562. The van der Waals surface area contributed by atoms with Gasteiger partial charge in [-0.1, -0.05) is 19.8 Å². The van der Waals surface area contributed by atoms with Gasteiger partial charge in [-0.3, -0.25) is 4.98 Å². The summed E-state index contributed by atoms with van der Waals surface area (Å²) in [5.41, 5.74) is 4.96. The Kier molecular flexibility index (Phi) is 4.45. The molecule has 1 heterocycles. The first-order valence-electron chi connectivity index (χ1n) is 9.53. The van der Waals surface area contributed by atoms with Crippen molar-refractivity contribution in [1.29, 1.82) is 0 Å². The van der Waals surface area contributed by atoms with Crippen LogP contribution >= 0.6 is 0 Å². The molecule has 2 atom stereocenters. The molecule has 1 saturated carbocycles. The largest absolute Gasteiger partial charge is 0.493 e. The second kappa shape index (κ2) is 6.74. The average molecular weight is 340 g/mol. The summed E-state index contributed by atoms with van der Waals surface area (Å²) in [4.78, 5) is 4.93. The van der Waals surface area contributed by atoms with Crippen molar-refractivity contribution in [1.82, 2.24) is 4.98 Å². The van der Waals surface area contributed by atoms with E-state index in [1.54, 1.807) is 14.2 Å². The third kappa shape index (κ3) is 3.03. The van der Waals surface area contributed by atoms with Crippen LogP contribution in [0.4, 0.5) is 5.69 Å². The standard InChI is InChI=1S/C21H28N2O2/c1-13-6-4-7-14(10-13)22-21-15-8-5-9-17(15)23-18-12-20(25-3)19(24-2)11-16(18)21/h11-14H,4-10H2,1-3H3,(H,22,23)/t13-,14+/m0/s1. The maximum absolute atomic E-state index is 5.55. The highest BCUT2D eigenvalue weighted by Crippen LogP contribution is 2.40. The molecule has 0 unspecified atom stereocenters. The van der Waals surface area contributed by atoms with Crippen molar-refractivity contribution in [3.63, 3.8) is 0 Å². The van der Waals surface area contributed by atoms with Crippen LogP contribution in [0.2, 0.25) is 0 Å². The molecule has 0 spiro atoms. The van der Waals surface area contributed by atoms with Gasteiger partial charge >= 0.3 is 0 Å². The van der Waals surface area contributed by atoms with Gasteiger partial charge in [0.25, 0.3) is 0 Å². The number of ether oxygens (including phenoxy) is 2. The number of nitrogens with one attached hydrogen (secondary N) is 1. The monoisotopic (exact) mass is 340 g/mol. The van der Waals surface area contributed by atoms with Gasteiger partial charge in [0.05, 0.1) is 19.7 Å². The molecule has 134 valence electrons. The first-order chi connectivity index (χ1) is 12.2. The molecule has 1 aromatic heterocycles. The van der Waals surface area contributed by atoms with E-state index in [1.807, 2.05) is 6.07 Å². The molecule has 25 heavy (non-hydrogen) atoms. The number of aryl methyl sites for hydroxylation is 1. The van der Waals surface area contributed by atoms with Gasteiger partial charge in [0.1, 0.15) is 0 Å². The zero-order chi connectivity index (χ0) is 17.4. The number of rotatable bonds is 4. The summed E-state index contributed by atoms with van der Waals surface area (Å²) in [5.74, 6) is 2.33. The van der Waals surface area contributed by atoms with E-state index >= 15 is 0 Å². The Labute approximate surface area is 149 Å². The highest BCUT2D eigenvalue weighted by atomic mass is 16.5. The summed E-state index contributed by atoms with van der Waals surface area (Å²) in [7, 11) is 3.38. The first kappa shape index (κ1) is 16.5. The molecule has 0 aliphatic heterocycles. The number of anilines is 1. The Bertz CT molecular complexity index is 787. The molecule has 4 nitrogen and oxygen atoms in total. The predicted molar refractivity (Wildman–Crippen MR) is 102 cm³/mol. The third-order valence-electron chi connectivity index (χ3n) is 5.80. The third-order valence-corrected chi connectivity index (χ3v) is 5.80. The summed E-state index contributed by atoms with van der Waals surface area (Å²) in [6, 6.07) is 4.67. The fraction of sp³-hybridized carbons (Fsp3) is 0.571. The lowest BCUT2D eigenvalue weighted by atomic mass is 9.86. The summed E-state index contributed by atoms with van der Waals surface area (Å²) < 4.78 is 11.0. The van der Waals surface area contributed by atoms with Gasteiger partial charge < -0.3 is 14.8 Å². The number of hydrogen-bond donors (Lipinski definition) is 1. The lowest BCUT2D eigenvalue weighted by Gasteiger charge is -2.29. The van der Waals surface area contributed by atoms with Crippen molar-refractivity contribution in [2.24, 2.45) is 5.92 Å². The minimum atomic E-state index is 0.562. The molecule has 2 aromatic rings. The quantitative estimate of drug-likeness (QED) is 0.874.